The molecule has 1 aliphatic heterocycles. The van der Waals surface area contributed by atoms with E-state index >= 15 is 0 Å². The van der Waals surface area contributed by atoms with E-state index in [1.807, 2.05) is 6.92 Å². The van der Waals surface area contributed by atoms with Crippen LogP contribution < -0.4 is 0 Å². The summed E-state index contributed by atoms with van der Waals surface area (Å²) in [6.45, 7) is 2.59. The third kappa shape index (κ3) is 1.36. The van der Waals surface area contributed by atoms with E-state index in [4.69, 9.17) is 14.9 Å². The summed E-state index contributed by atoms with van der Waals surface area (Å²) in [5.74, 6) is 0. The van der Waals surface area contributed by atoms with E-state index in [0.717, 1.165) is 6.42 Å². The van der Waals surface area contributed by atoms with Gasteiger partial charge in [0.25, 0.3) is 0 Å². The Morgan fingerprint density at radius 1 is 1.70 bits per heavy atom. The smallest absolute Gasteiger partial charge is 0.0993 e. The zero-order valence-corrected chi connectivity index (χ0v) is 6.39. The summed E-state index contributed by atoms with van der Waals surface area (Å²) < 4.78 is 10.3. The van der Waals surface area contributed by atoms with Gasteiger partial charge in [0, 0.05) is 13.5 Å². The number of hydrogen-bond donors (Lipinski definition) is 1. The monoisotopic (exact) mass is 143 g/mol. The molecular formula is C7H13NO2. The van der Waals surface area contributed by atoms with Gasteiger partial charge >= 0.3 is 0 Å². The highest BCUT2D eigenvalue weighted by Gasteiger charge is 2.24. The van der Waals surface area contributed by atoms with Crippen LogP contribution in [0.5, 0.6) is 0 Å². The van der Waals surface area contributed by atoms with Crippen molar-refractivity contribution in [2.75, 3.05) is 13.7 Å². The van der Waals surface area contributed by atoms with Crippen LogP contribution in [-0.4, -0.2) is 31.6 Å². The number of ether oxygens (including phenoxy) is 2. The van der Waals surface area contributed by atoms with E-state index in [0.29, 0.717) is 12.3 Å². The molecule has 0 saturated carbocycles. The normalized spacial score (nSPS) is 34.4. The predicted molar refractivity (Wildman–Crippen MR) is 38.6 cm³/mol. The molecule has 1 rings (SSSR count). The second-order valence-electron chi connectivity index (χ2n) is 2.48. The molecule has 2 unspecified atom stereocenters. The number of nitrogens with one attached hydrogen (secondary N) is 1. The van der Waals surface area contributed by atoms with Crippen LogP contribution in [0.15, 0.2) is 0 Å². The summed E-state index contributed by atoms with van der Waals surface area (Å²) in [6.07, 6.45) is 0.752. The first-order chi connectivity index (χ1) is 4.75. The lowest BCUT2D eigenvalue weighted by Crippen LogP contribution is -2.39. The van der Waals surface area contributed by atoms with Gasteiger partial charge in [-0.1, -0.05) is 0 Å². The van der Waals surface area contributed by atoms with E-state index < -0.39 is 0 Å². The zero-order chi connectivity index (χ0) is 7.56. The fourth-order valence-corrected chi connectivity index (χ4v) is 1.10. The van der Waals surface area contributed by atoms with Gasteiger partial charge in [0.1, 0.15) is 0 Å². The lowest BCUT2D eigenvalue weighted by Gasteiger charge is -2.27. The molecule has 0 bridgehead atoms. The Kier molecular flexibility index (Phi) is 2.40. The Balaban J connectivity index is 2.51. The molecule has 0 aromatic rings. The van der Waals surface area contributed by atoms with Crippen molar-refractivity contribution in [3.05, 3.63) is 0 Å². The van der Waals surface area contributed by atoms with Crippen molar-refractivity contribution in [3.8, 4) is 0 Å². The van der Waals surface area contributed by atoms with E-state index in [2.05, 4.69) is 0 Å². The largest absolute Gasteiger partial charge is 0.375 e. The van der Waals surface area contributed by atoms with Crippen LogP contribution in [0.2, 0.25) is 0 Å². The molecule has 0 amide bonds. The summed E-state index contributed by atoms with van der Waals surface area (Å²) in [6, 6.07) is 0. The minimum Gasteiger partial charge on any atom is -0.375 e. The lowest BCUT2D eigenvalue weighted by molar-refractivity contribution is 0.0313. The highest BCUT2D eigenvalue weighted by Crippen LogP contribution is 2.11. The molecule has 58 valence electrons. The van der Waals surface area contributed by atoms with Crippen molar-refractivity contribution >= 4 is 5.71 Å². The van der Waals surface area contributed by atoms with Gasteiger partial charge in [-0.3, -0.25) is 0 Å². The number of methoxy groups -OCH3 is 1. The Labute approximate surface area is 60.8 Å². The standard InChI is InChI=1S/C7H13NO2/c1-5-7(8)6(9-2)3-4-10-5/h5-6,8H,3-4H2,1-2H3. The van der Waals surface area contributed by atoms with Crippen LogP contribution >= 0.6 is 0 Å². The van der Waals surface area contributed by atoms with Crippen LogP contribution in [0.25, 0.3) is 0 Å². The van der Waals surface area contributed by atoms with Crippen molar-refractivity contribution in [2.24, 2.45) is 0 Å². The van der Waals surface area contributed by atoms with Gasteiger partial charge in [-0.05, 0) is 6.92 Å². The molecule has 1 aliphatic rings. The highest BCUT2D eigenvalue weighted by atomic mass is 16.5. The second-order valence-corrected chi connectivity index (χ2v) is 2.48. The molecule has 1 saturated heterocycles. The predicted octanol–water partition coefficient (Wildman–Crippen LogP) is 0.830. The topological polar surface area (TPSA) is 42.3 Å². The van der Waals surface area contributed by atoms with Crippen LogP contribution in [0.1, 0.15) is 13.3 Å². The van der Waals surface area contributed by atoms with E-state index in [1.54, 1.807) is 7.11 Å². The fourth-order valence-electron chi connectivity index (χ4n) is 1.10. The highest BCUT2D eigenvalue weighted by molar-refractivity contribution is 5.90. The number of hydrogen-bond acceptors (Lipinski definition) is 3. The Bertz CT molecular complexity index is 136. The second kappa shape index (κ2) is 3.12. The number of rotatable bonds is 1. The maximum Gasteiger partial charge on any atom is 0.0993 e. The van der Waals surface area contributed by atoms with Crippen LogP contribution in [-0.2, 0) is 9.47 Å². The van der Waals surface area contributed by atoms with Crippen molar-refractivity contribution < 1.29 is 9.47 Å². The Morgan fingerprint density at radius 2 is 2.40 bits per heavy atom. The van der Waals surface area contributed by atoms with E-state index in [-0.39, 0.29) is 12.2 Å². The van der Waals surface area contributed by atoms with Crippen LogP contribution in [0.4, 0.5) is 0 Å². The van der Waals surface area contributed by atoms with E-state index in [1.165, 1.54) is 0 Å². The molecule has 1 N–H and O–H groups in total. The maximum absolute atomic E-state index is 7.50. The fraction of sp³-hybridized carbons (Fsp3) is 0.857. The summed E-state index contributed by atoms with van der Waals surface area (Å²) in [4.78, 5) is 0. The zero-order valence-electron chi connectivity index (χ0n) is 6.39. The molecule has 1 fully saturated rings. The lowest BCUT2D eigenvalue weighted by atomic mass is 10.1. The molecule has 10 heavy (non-hydrogen) atoms. The van der Waals surface area contributed by atoms with Gasteiger partial charge < -0.3 is 14.9 Å². The van der Waals surface area contributed by atoms with Crippen molar-refractivity contribution in [1.82, 2.24) is 0 Å². The maximum atomic E-state index is 7.50. The minimum absolute atomic E-state index is 0.0104. The third-order valence-corrected chi connectivity index (χ3v) is 1.82. The van der Waals surface area contributed by atoms with Crippen molar-refractivity contribution in [3.63, 3.8) is 0 Å². The molecule has 0 aromatic heterocycles. The molecule has 3 heteroatoms. The van der Waals surface area contributed by atoms with Crippen LogP contribution in [0.3, 0.4) is 0 Å². The molecule has 0 aliphatic carbocycles. The molecule has 1 heterocycles. The Hall–Kier alpha value is -0.410. The molecule has 0 radical (unpaired) electrons. The van der Waals surface area contributed by atoms with Crippen molar-refractivity contribution in [1.29, 1.82) is 5.41 Å². The summed E-state index contributed by atoms with van der Waals surface area (Å²) in [5.41, 5.74) is 0.564. The van der Waals surface area contributed by atoms with Crippen LogP contribution in [0, 0.1) is 5.41 Å². The first kappa shape index (κ1) is 7.69. The third-order valence-electron chi connectivity index (χ3n) is 1.82. The van der Waals surface area contributed by atoms with Gasteiger partial charge in [0.15, 0.2) is 0 Å². The van der Waals surface area contributed by atoms with E-state index in [9.17, 15) is 0 Å². The van der Waals surface area contributed by atoms with Gasteiger partial charge in [-0.2, -0.15) is 0 Å². The molecular weight excluding hydrogens is 130 g/mol. The summed E-state index contributed by atoms with van der Waals surface area (Å²) >= 11 is 0. The van der Waals surface area contributed by atoms with Gasteiger partial charge in [0.2, 0.25) is 0 Å². The first-order valence-electron chi connectivity index (χ1n) is 3.48. The van der Waals surface area contributed by atoms with Gasteiger partial charge in [-0.15, -0.1) is 0 Å². The molecule has 0 spiro atoms. The summed E-state index contributed by atoms with van der Waals surface area (Å²) in [5, 5.41) is 7.50. The first-order valence-corrected chi connectivity index (χ1v) is 3.48. The summed E-state index contributed by atoms with van der Waals surface area (Å²) in [7, 11) is 1.64. The van der Waals surface area contributed by atoms with Crippen molar-refractivity contribution in [2.45, 2.75) is 25.6 Å². The average molecular weight is 143 g/mol. The average Bonchev–Trinajstić information content (AvgIpc) is 1.95. The molecule has 3 nitrogen and oxygen atoms in total. The SMILES string of the molecule is COC1CCOC(C)C1=N. The molecule has 2 atom stereocenters. The van der Waals surface area contributed by atoms with Gasteiger partial charge in [0.05, 0.1) is 24.5 Å². The quantitative estimate of drug-likeness (QED) is 0.590. The Morgan fingerprint density at radius 3 is 2.90 bits per heavy atom. The minimum atomic E-state index is -0.0568. The van der Waals surface area contributed by atoms with Gasteiger partial charge in [-0.25, -0.2) is 0 Å². The molecule has 0 aromatic carbocycles.